The third-order valence-electron chi connectivity index (χ3n) is 2.41. The highest BCUT2D eigenvalue weighted by molar-refractivity contribution is 6.30. The highest BCUT2D eigenvalue weighted by Crippen LogP contribution is 2.13. The third-order valence-corrected chi connectivity index (χ3v) is 2.64. The minimum absolute atomic E-state index is 0.433. The fraction of sp³-hybridized carbons (Fsp3) is 0.0769. The van der Waals surface area contributed by atoms with Crippen LogP contribution in [0.4, 0.5) is 5.82 Å². The molecule has 0 saturated heterocycles. The predicted octanol–water partition coefficient (Wildman–Crippen LogP) is 2.45. The first kappa shape index (κ1) is 12.4. The highest BCUT2D eigenvalue weighted by Gasteiger charge is 2.01. The Labute approximate surface area is 110 Å². The molecule has 0 aliphatic heterocycles. The molecule has 18 heavy (non-hydrogen) atoms. The molecule has 1 amide bonds. The van der Waals surface area contributed by atoms with Gasteiger partial charge in [-0.2, -0.15) is 0 Å². The maximum Gasteiger partial charge on any atom is 0.248 e. The summed E-state index contributed by atoms with van der Waals surface area (Å²) >= 11 is 5.85. The van der Waals surface area contributed by atoms with Gasteiger partial charge in [-0.25, -0.2) is 4.98 Å². The van der Waals surface area contributed by atoms with Gasteiger partial charge in [0.1, 0.15) is 5.82 Å². The Morgan fingerprint density at radius 3 is 2.89 bits per heavy atom. The molecular formula is C13H12ClN3O. The summed E-state index contributed by atoms with van der Waals surface area (Å²) in [5.41, 5.74) is 6.67. The average Bonchev–Trinajstić information content (AvgIpc) is 2.37. The summed E-state index contributed by atoms with van der Waals surface area (Å²) in [4.78, 5) is 15.2. The predicted molar refractivity (Wildman–Crippen MR) is 71.5 cm³/mol. The lowest BCUT2D eigenvalue weighted by atomic mass is 10.1. The second-order valence-electron chi connectivity index (χ2n) is 3.78. The maximum absolute atomic E-state index is 11.0. The number of nitrogens with two attached hydrogens (primary N) is 1. The molecule has 0 unspecified atom stereocenters. The Morgan fingerprint density at radius 1 is 1.33 bits per heavy atom. The van der Waals surface area contributed by atoms with Crippen molar-refractivity contribution in [1.82, 2.24) is 4.98 Å². The van der Waals surface area contributed by atoms with Gasteiger partial charge in [0.15, 0.2) is 0 Å². The number of anilines is 1. The number of carbonyl (C=O) groups excluding carboxylic acids is 1. The molecule has 0 fully saturated rings. The van der Waals surface area contributed by atoms with Crippen molar-refractivity contribution in [2.75, 3.05) is 5.32 Å². The summed E-state index contributed by atoms with van der Waals surface area (Å²) in [5.74, 6) is 0.254. The molecule has 4 nitrogen and oxygen atoms in total. The lowest BCUT2D eigenvalue weighted by Gasteiger charge is -2.06. The molecule has 0 aliphatic carbocycles. The number of benzene rings is 1. The van der Waals surface area contributed by atoms with Crippen LogP contribution in [-0.4, -0.2) is 10.9 Å². The van der Waals surface area contributed by atoms with Gasteiger partial charge in [0, 0.05) is 23.3 Å². The van der Waals surface area contributed by atoms with Crippen LogP contribution in [0.3, 0.4) is 0 Å². The number of amides is 1. The molecule has 92 valence electrons. The molecule has 2 rings (SSSR count). The minimum atomic E-state index is -0.433. The molecule has 0 spiro atoms. The van der Waals surface area contributed by atoms with Crippen LogP contribution in [0.1, 0.15) is 15.9 Å². The van der Waals surface area contributed by atoms with Crippen LogP contribution < -0.4 is 11.1 Å². The van der Waals surface area contributed by atoms with Gasteiger partial charge in [-0.1, -0.05) is 23.7 Å². The zero-order chi connectivity index (χ0) is 13.0. The van der Waals surface area contributed by atoms with E-state index in [0.717, 1.165) is 5.56 Å². The first-order valence-electron chi connectivity index (χ1n) is 5.39. The maximum atomic E-state index is 11.0. The third kappa shape index (κ3) is 3.21. The first-order valence-corrected chi connectivity index (χ1v) is 5.77. The van der Waals surface area contributed by atoms with E-state index in [1.807, 2.05) is 6.07 Å². The van der Waals surface area contributed by atoms with Gasteiger partial charge in [0.05, 0.1) is 0 Å². The van der Waals surface area contributed by atoms with Gasteiger partial charge in [-0.3, -0.25) is 4.79 Å². The van der Waals surface area contributed by atoms with Crippen molar-refractivity contribution in [3.63, 3.8) is 0 Å². The van der Waals surface area contributed by atoms with Crippen LogP contribution in [0.15, 0.2) is 42.6 Å². The molecule has 3 N–H and O–H groups in total. The molecule has 5 heteroatoms. The van der Waals surface area contributed by atoms with Crippen LogP contribution in [0.2, 0.25) is 5.02 Å². The van der Waals surface area contributed by atoms with Crippen LogP contribution in [-0.2, 0) is 6.54 Å². The van der Waals surface area contributed by atoms with E-state index in [-0.39, 0.29) is 0 Å². The number of hydrogen-bond donors (Lipinski definition) is 2. The molecule has 0 atom stereocenters. The van der Waals surface area contributed by atoms with Crippen molar-refractivity contribution in [1.29, 1.82) is 0 Å². The van der Waals surface area contributed by atoms with E-state index in [0.29, 0.717) is 22.9 Å². The topological polar surface area (TPSA) is 68.0 Å². The molecule has 0 aliphatic rings. The van der Waals surface area contributed by atoms with Crippen molar-refractivity contribution < 1.29 is 4.79 Å². The van der Waals surface area contributed by atoms with Crippen molar-refractivity contribution in [2.45, 2.75) is 6.54 Å². The van der Waals surface area contributed by atoms with E-state index in [1.54, 1.807) is 36.5 Å². The van der Waals surface area contributed by atoms with Gasteiger partial charge >= 0.3 is 0 Å². The monoisotopic (exact) mass is 261 g/mol. The molecule has 1 aromatic carbocycles. The van der Waals surface area contributed by atoms with E-state index in [2.05, 4.69) is 10.3 Å². The second kappa shape index (κ2) is 5.51. The number of halogens is 1. The van der Waals surface area contributed by atoms with Crippen molar-refractivity contribution in [3.05, 3.63) is 58.7 Å². The Bertz CT molecular complexity index is 572. The lowest BCUT2D eigenvalue weighted by molar-refractivity contribution is 0.1000. The van der Waals surface area contributed by atoms with Gasteiger partial charge in [-0.05, 0) is 29.8 Å². The fourth-order valence-electron chi connectivity index (χ4n) is 1.53. The molecule has 0 radical (unpaired) electrons. The van der Waals surface area contributed by atoms with E-state index in [9.17, 15) is 4.79 Å². The SMILES string of the molecule is NC(=O)c1cccc(CNc2cc(Cl)ccn2)c1. The van der Waals surface area contributed by atoms with Crippen molar-refractivity contribution in [2.24, 2.45) is 5.73 Å². The van der Waals surface area contributed by atoms with E-state index in [4.69, 9.17) is 17.3 Å². The zero-order valence-corrected chi connectivity index (χ0v) is 10.3. The smallest absolute Gasteiger partial charge is 0.248 e. The Balaban J connectivity index is 2.06. The summed E-state index contributed by atoms with van der Waals surface area (Å²) in [7, 11) is 0. The number of carbonyl (C=O) groups is 1. The molecule has 1 aromatic heterocycles. The molecule has 2 aromatic rings. The van der Waals surface area contributed by atoms with Gasteiger partial charge < -0.3 is 11.1 Å². The summed E-state index contributed by atoms with van der Waals surface area (Å²) < 4.78 is 0. The van der Waals surface area contributed by atoms with Gasteiger partial charge in [-0.15, -0.1) is 0 Å². The Morgan fingerprint density at radius 2 is 2.17 bits per heavy atom. The number of nitrogens with zero attached hydrogens (tertiary/aromatic N) is 1. The largest absolute Gasteiger partial charge is 0.366 e. The molecule has 0 saturated carbocycles. The summed E-state index contributed by atoms with van der Waals surface area (Å²) in [6.45, 7) is 0.550. The van der Waals surface area contributed by atoms with Gasteiger partial charge in [0.25, 0.3) is 0 Å². The number of primary amides is 1. The first-order chi connectivity index (χ1) is 8.65. The Hall–Kier alpha value is -2.07. The van der Waals surface area contributed by atoms with E-state index >= 15 is 0 Å². The fourth-order valence-corrected chi connectivity index (χ4v) is 1.69. The lowest BCUT2D eigenvalue weighted by Crippen LogP contribution is -2.11. The minimum Gasteiger partial charge on any atom is -0.366 e. The summed E-state index contributed by atoms with van der Waals surface area (Å²) in [5, 5.41) is 3.74. The van der Waals surface area contributed by atoms with Gasteiger partial charge in [0.2, 0.25) is 5.91 Å². The number of rotatable bonds is 4. The average molecular weight is 262 g/mol. The van der Waals surface area contributed by atoms with Crippen molar-refractivity contribution in [3.8, 4) is 0 Å². The number of hydrogen-bond acceptors (Lipinski definition) is 3. The number of nitrogens with one attached hydrogen (secondary N) is 1. The molecular weight excluding hydrogens is 250 g/mol. The molecule has 1 heterocycles. The zero-order valence-electron chi connectivity index (χ0n) is 9.56. The van der Waals surface area contributed by atoms with Crippen LogP contribution >= 0.6 is 11.6 Å². The summed E-state index contributed by atoms with van der Waals surface area (Å²) in [6.07, 6.45) is 1.63. The normalized spacial score (nSPS) is 10.1. The van der Waals surface area contributed by atoms with Crippen molar-refractivity contribution >= 4 is 23.3 Å². The summed E-state index contributed by atoms with van der Waals surface area (Å²) in [6, 6.07) is 10.6. The standard InChI is InChI=1S/C13H12ClN3O/c14-11-4-5-16-12(7-11)17-8-9-2-1-3-10(6-9)13(15)18/h1-7H,8H2,(H2,15,18)(H,16,17). The van der Waals surface area contributed by atoms with Crippen LogP contribution in [0, 0.1) is 0 Å². The van der Waals surface area contributed by atoms with E-state index in [1.165, 1.54) is 0 Å². The molecule has 0 bridgehead atoms. The number of pyridine rings is 1. The second-order valence-corrected chi connectivity index (χ2v) is 4.21. The Kier molecular flexibility index (Phi) is 3.79. The van der Waals surface area contributed by atoms with Crippen LogP contribution in [0.25, 0.3) is 0 Å². The van der Waals surface area contributed by atoms with Crippen LogP contribution in [0.5, 0.6) is 0 Å². The van der Waals surface area contributed by atoms with E-state index < -0.39 is 5.91 Å². The number of aromatic nitrogens is 1. The highest BCUT2D eigenvalue weighted by atomic mass is 35.5. The quantitative estimate of drug-likeness (QED) is 0.888.